The van der Waals surface area contributed by atoms with Gasteiger partial charge in [-0.15, -0.1) is 10.2 Å². The Morgan fingerprint density at radius 1 is 1.38 bits per heavy atom. The van der Waals surface area contributed by atoms with E-state index in [-0.39, 0.29) is 27.8 Å². The lowest BCUT2D eigenvalue weighted by molar-refractivity contribution is -0.113. The molecule has 2 heterocycles. The number of benzene rings is 1. The van der Waals surface area contributed by atoms with E-state index in [2.05, 4.69) is 15.5 Å². The zero-order chi connectivity index (χ0) is 16.9. The Morgan fingerprint density at radius 2 is 2.25 bits per heavy atom. The second-order valence-corrected chi connectivity index (χ2v) is 5.83. The normalized spacial score (nSPS) is 10.3. The summed E-state index contributed by atoms with van der Waals surface area (Å²) in [6, 6.07) is 10.0. The first kappa shape index (κ1) is 16.1. The van der Waals surface area contributed by atoms with Crippen molar-refractivity contribution in [3.63, 3.8) is 0 Å². The van der Waals surface area contributed by atoms with Crippen molar-refractivity contribution in [3.8, 4) is 17.7 Å². The number of halogens is 1. The van der Waals surface area contributed by atoms with Crippen LogP contribution < -0.4 is 5.32 Å². The first-order valence-corrected chi connectivity index (χ1v) is 8.02. The van der Waals surface area contributed by atoms with Gasteiger partial charge in [0.15, 0.2) is 5.76 Å². The number of hydrogen-bond acceptors (Lipinski definition) is 7. The molecule has 0 atom stereocenters. The summed E-state index contributed by atoms with van der Waals surface area (Å²) in [5.41, 5.74) is 0.853. The number of nitriles is 1. The van der Waals surface area contributed by atoms with Gasteiger partial charge < -0.3 is 14.2 Å². The quantitative estimate of drug-likeness (QED) is 0.693. The molecule has 0 bridgehead atoms. The average molecular weight is 361 g/mol. The second-order valence-electron chi connectivity index (χ2n) is 4.49. The minimum Gasteiger partial charge on any atom is -0.459 e. The summed E-state index contributed by atoms with van der Waals surface area (Å²) >= 11 is 7.01. The van der Waals surface area contributed by atoms with E-state index in [0.717, 1.165) is 11.8 Å². The number of amides is 1. The molecule has 1 amide bonds. The standard InChI is InChI=1S/C15H9ClN4O3S/c16-11-6-10(4-3-9(11)7-17)18-13(21)8-24-15-20-19-14(23-15)12-2-1-5-22-12/h1-6H,8H2,(H,18,21). The summed E-state index contributed by atoms with van der Waals surface area (Å²) in [5, 5.41) is 19.7. The number of nitrogens with zero attached hydrogens (tertiary/aromatic N) is 3. The minimum absolute atomic E-state index is 0.0808. The number of carbonyl (C=O) groups excluding carboxylic acids is 1. The Morgan fingerprint density at radius 3 is 2.96 bits per heavy atom. The maximum atomic E-state index is 11.9. The molecule has 0 saturated carbocycles. The summed E-state index contributed by atoms with van der Waals surface area (Å²) < 4.78 is 10.5. The summed E-state index contributed by atoms with van der Waals surface area (Å²) in [7, 11) is 0. The third-order valence-electron chi connectivity index (χ3n) is 2.84. The molecule has 0 aliphatic heterocycles. The molecule has 0 saturated heterocycles. The molecule has 0 spiro atoms. The van der Waals surface area contributed by atoms with Crippen molar-refractivity contribution in [2.75, 3.05) is 11.1 Å². The molecule has 2 aromatic heterocycles. The highest BCUT2D eigenvalue weighted by atomic mass is 35.5. The van der Waals surface area contributed by atoms with Crippen LogP contribution in [0.25, 0.3) is 11.7 Å². The van der Waals surface area contributed by atoms with Crippen LogP contribution in [0.5, 0.6) is 0 Å². The Balaban J connectivity index is 1.56. The lowest BCUT2D eigenvalue weighted by Gasteiger charge is -2.05. The van der Waals surface area contributed by atoms with Gasteiger partial charge in [0.05, 0.1) is 22.6 Å². The van der Waals surface area contributed by atoms with Gasteiger partial charge in [-0.25, -0.2) is 0 Å². The Bertz CT molecular complexity index is 902. The fraction of sp³-hybridized carbons (Fsp3) is 0.0667. The van der Waals surface area contributed by atoms with Gasteiger partial charge in [-0.1, -0.05) is 23.4 Å². The van der Waals surface area contributed by atoms with Crippen molar-refractivity contribution in [3.05, 3.63) is 47.2 Å². The summed E-state index contributed by atoms with van der Waals surface area (Å²) in [4.78, 5) is 11.9. The average Bonchev–Trinajstić information content (AvgIpc) is 3.24. The van der Waals surface area contributed by atoms with Crippen molar-refractivity contribution in [2.24, 2.45) is 0 Å². The zero-order valence-corrected chi connectivity index (χ0v) is 13.6. The van der Waals surface area contributed by atoms with Crippen LogP contribution in [0, 0.1) is 11.3 Å². The van der Waals surface area contributed by atoms with Gasteiger partial charge in [0.2, 0.25) is 5.91 Å². The van der Waals surface area contributed by atoms with Gasteiger partial charge in [-0.2, -0.15) is 5.26 Å². The van der Waals surface area contributed by atoms with E-state index in [1.807, 2.05) is 6.07 Å². The van der Waals surface area contributed by atoms with E-state index >= 15 is 0 Å². The summed E-state index contributed by atoms with van der Waals surface area (Å²) in [6.45, 7) is 0. The maximum absolute atomic E-state index is 11.9. The molecular formula is C15H9ClN4O3S. The van der Waals surface area contributed by atoms with Crippen molar-refractivity contribution < 1.29 is 13.6 Å². The first-order chi connectivity index (χ1) is 11.7. The maximum Gasteiger partial charge on any atom is 0.284 e. The van der Waals surface area contributed by atoms with Crippen LogP contribution in [0.2, 0.25) is 5.02 Å². The fourth-order valence-electron chi connectivity index (χ4n) is 1.78. The molecule has 24 heavy (non-hydrogen) atoms. The number of rotatable bonds is 5. The highest BCUT2D eigenvalue weighted by Gasteiger charge is 2.13. The Labute approximate surface area is 145 Å². The summed E-state index contributed by atoms with van der Waals surface area (Å²) in [6.07, 6.45) is 1.50. The first-order valence-electron chi connectivity index (χ1n) is 6.65. The molecular weight excluding hydrogens is 352 g/mol. The smallest absolute Gasteiger partial charge is 0.284 e. The van der Waals surface area contributed by atoms with Crippen molar-refractivity contribution in [2.45, 2.75) is 5.22 Å². The fourth-order valence-corrected chi connectivity index (χ4v) is 2.56. The number of nitrogens with one attached hydrogen (secondary N) is 1. The van der Waals surface area contributed by atoms with Crippen LogP contribution in [0.4, 0.5) is 5.69 Å². The van der Waals surface area contributed by atoms with Gasteiger partial charge >= 0.3 is 0 Å². The molecule has 7 nitrogen and oxygen atoms in total. The number of aromatic nitrogens is 2. The van der Waals surface area contributed by atoms with Crippen LogP contribution in [0.3, 0.4) is 0 Å². The van der Waals surface area contributed by atoms with Crippen molar-refractivity contribution in [1.29, 1.82) is 5.26 Å². The molecule has 3 rings (SSSR count). The molecule has 1 aromatic carbocycles. The highest BCUT2D eigenvalue weighted by Crippen LogP contribution is 2.24. The predicted molar refractivity (Wildman–Crippen MR) is 87.5 cm³/mol. The third-order valence-corrected chi connectivity index (χ3v) is 3.97. The number of hydrogen-bond donors (Lipinski definition) is 1. The van der Waals surface area contributed by atoms with Gasteiger partial charge in [0.25, 0.3) is 11.1 Å². The van der Waals surface area contributed by atoms with Gasteiger partial charge in [-0.05, 0) is 30.3 Å². The van der Waals surface area contributed by atoms with Gasteiger partial charge in [0, 0.05) is 5.69 Å². The lowest BCUT2D eigenvalue weighted by Crippen LogP contribution is -2.14. The predicted octanol–water partition coefficient (Wildman–Crippen LogP) is 3.59. The third kappa shape index (κ3) is 3.76. The summed E-state index contributed by atoms with van der Waals surface area (Å²) in [5.74, 6) is 0.531. The number of anilines is 1. The van der Waals surface area contributed by atoms with Gasteiger partial charge in [0.1, 0.15) is 6.07 Å². The van der Waals surface area contributed by atoms with E-state index in [1.165, 1.54) is 12.3 Å². The molecule has 9 heteroatoms. The molecule has 0 aliphatic carbocycles. The molecule has 3 aromatic rings. The minimum atomic E-state index is -0.265. The van der Waals surface area contributed by atoms with E-state index in [9.17, 15) is 4.79 Å². The lowest BCUT2D eigenvalue weighted by atomic mass is 10.2. The molecule has 0 radical (unpaired) electrons. The number of carbonyl (C=O) groups is 1. The van der Waals surface area contributed by atoms with Crippen LogP contribution in [0.1, 0.15) is 5.56 Å². The SMILES string of the molecule is N#Cc1ccc(NC(=O)CSc2nnc(-c3ccco3)o2)cc1Cl. The van der Waals surface area contributed by atoms with Crippen LogP contribution >= 0.6 is 23.4 Å². The van der Waals surface area contributed by atoms with Crippen LogP contribution in [0.15, 0.2) is 50.7 Å². The number of thioether (sulfide) groups is 1. The molecule has 0 aliphatic rings. The van der Waals surface area contributed by atoms with E-state index in [1.54, 1.807) is 24.3 Å². The largest absolute Gasteiger partial charge is 0.459 e. The van der Waals surface area contributed by atoms with E-state index in [4.69, 9.17) is 25.7 Å². The molecule has 0 unspecified atom stereocenters. The Hall–Kier alpha value is -2.76. The molecule has 1 N–H and O–H groups in total. The number of furan rings is 1. The van der Waals surface area contributed by atoms with Crippen LogP contribution in [-0.2, 0) is 4.79 Å². The van der Waals surface area contributed by atoms with E-state index < -0.39 is 0 Å². The Kier molecular flexibility index (Phi) is 4.84. The monoisotopic (exact) mass is 360 g/mol. The zero-order valence-electron chi connectivity index (χ0n) is 12.0. The second kappa shape index (κ2) is 7.21. The molecule has 120 valence electrons. The van der Waals surface area contributed by atoms with Crippen molar-refractivity contribution in [1.82, 2.24) is 10.2 Å². The van der Waals surface area contributed by atoms with Gasteiger partial charge in [-0.3, -0.25) is 4.79 Å². The van der Waals surface area contributed by atoms with E-state index in [0.29, 0.717) is 17.0 Å². The van der Waals surface area contributed by atoms with Crippen LogP contribution in [-0.4, -0.2) is 21.9 Å². The molecule has 0 fully saturated rings. The van der Waals surface area contributed by atoms with Crippen molar-refractivity contribution >= 4 is 35.0 Å². The topological polar surface area (TPSA) is 105 Å². The highest BCUT2D eigenvalue weighted by molar-refractivity contribution is 7.99.